The molecule has 1 aromatic carbocycles. The van der Waals surface area contributed by atoms with Crippen LogP contribution in [0.15, 0.2) is 30.3 Å². The highest BCUT2D eigenvalue weighted by molar-refractivity contribution is 6.02. The molecule has 3 atom stereocenters. The van der Waals surface area contributed by atoms with Gasteiger partial charge in [-0.3, -0.25) is 15.0 Å². The second-order valence-electron chi connectivity index (χ2n) is 5.60. The van der Waals surface area contributed by atoms with E-state index in [1.807, 2.05) is 37.3 Å². The first-order valence-electron chi connectivity index (χ1n) is 7.33. The maximum absolute atomic E-state index is 12.5. The Kier molecular flexibility index (Phi) is 3.90. The zero-order valence-electron chi connectivity index (χ0n) is 12.0. The first kappa shape index (κ1) is 14.0. The molecule has 2 amide bonds. The fourth-order valence-electron chi connectivity index (χ4n) is 2.98. The van der Waals surface area contributed by atoms with E-state index in [1.54, 1.807) is 4.90 Å². The number of benzene rings is 1. The summed E-state index contributed by atoms with van der Waals surface area (Å²) < 4.78 is 0. The highest BCUT2D eigenvalue weighted by Gasteiger charge is 2.39. The first-order chi connectivity index (χ1) is 10.2. The predicted octanol–water partition coefficient (Wildman–Crippen LogP) is 0.163. The third kappa shape index (κ3) is 2.77. The molecule has 0 aliphatic carbocycles. The van der Waals surface area contributed by atoms with Crippen LogP contribution in [0.2, 0.25) is 0 Å². The number of hydrazine groups is 1. The number of anilines is 1. The summed E-state index contributed by atoms with van der Waals surface area (Å²) in [6.45, 7) is 2.77. The monoisotopic (exact) mass is 288 g/mol. The molecular weight excluding hydrogens is 268 g/mol. The zero-order chi connectivity index (χ0) is 14.8. The van der Waals surface area contributed by atoms with Crippen LogP contribution in [0.4, 0.5) is 5.69 Å². The molecule has 6 heteroatoms. The number of amides is 2. The Balaban J connectivity index is 1.68. The van der Waals surface area contributed by atoms with Crippen molar-refractivity contribution in [1.82, 2.24) is 16.2 Å². The molecule has 6 nitrogen and oxygen atoms in total. The van der Waals surface area contributed by atoms with Gasteiger partial charge < -0.3 is 10.2 Å². The number of hydrogen-bond donors (Lipinski definition) is 3. The summed E-state index contributed by atoms with van der Waals surface area (Å²) in [5, 5.41) is 2.87. The second-order valence-corrected chi connectivity index (χ2v) is 5.60. The minimum absolute atomic E-state index is 0.0343. The van der Waals surface area contributed by atoms with Crippen molar-refractivity contribution in [3.63, 3.8) is 0 Å². The lowest BCUT2D eigenvalue weighted by molar-refractivity contribution is -0.127. The molecule has 0 spiro atoms. The number of nitrogens with zero attached hydrogens (tertiary/aromatic N) is 1. The van der Waals surface area contributed by atoms with Crippen LogP contribution in [0, 0.1) is 0 Å². The van der Waals surface area contributed by atoms with E-state index in [2.05, 4.69) is 16.2 Å². The molecule has 3 N–H and O–H groups in total. The number of rotatable bonds is 3. The highest BCUT2D eigenvalue weighted by Crippen LogP contribution is 2.26. The summed E-state index contributed by atoms with van der Waals surface area (Å²) in [5.74, 6) is -0.145. The van der Waals surface area contributed by atoms with Crippen molar-refractivity contribution in [1.29, 1.82) is 0 Å². The lowest BCUT2D eigenvalue weighted by Gasteiger charge is -2.21. The van der Waals surface area contributed by atoms with Crippen LogP contribution >= 0.6 is 0 Å². The largest absolute Gasteiger partial charge is 0.343 e. The van der Waals surface area contributed by atoms with E-state index in [9.17, 15) is 9.59 Å². The van der Waals surface area contributed by atoms with Crippen molar-refractivity contribution in [3.8, 4) is 0 Å². The number of carbonyl (C=O) groups is 2. The van der Waals surface area contributed by atoms with Gasteiger partial charge >= 0.3 is 0 Å². The van der Waals surface area contributed by atoms with E-state index in [1.165, 1.54) is 0 Å². The van der Waals surface area contributed by atoms with Gasteiger partial charge in [0.2, 0.25) is 11.8 Å². The fraction of sp³-hybridized carbons (Fsp3) is 0.467. The lowest BCUT2D eigenvalue weighted by Crippen LogP contribution is -2.49. The van der Waals surface area contributed by atoms with Gasteiger partial charge in [-0.05, 0) is 31.9 Å². The molecule has 2 aliphatic heterocycles. The van der Waals surface area contributed by atoms with Gasteiger partial charge in [0.25, 0.3) is 0 Å². The second kappa shape index (κ2) is 5.83. The summed E-state index contributed by atoms with van der Waals surface area (Å²) in [7, 11) is 0. The molecule has 2 aliphatic rings. The maximum atomic E-state index is 12.5. The summed E-state index contributed by atoms with van der Waals surface area (Å²) in [6, 6.07) is 8.98. The quantitative estimate of drug-likeness (QED) is 0.741. The molecule has 0 radical (unpaired) electrons. The average molecular weight is 288 g/mol. The number of para-hydroxylation sites is 1. The summed E-state index contributed by atoms with van der Waals surface area (Å²) in [5.41, 5.74) is 6.72. The molecule has 0 saturated carbocycles. The van der Waals surface area contributed by atoms with Gasteiger partial charge in [-0.1, -0.05) is 18.2 Å². The molecular formula is C15H20N4O2. The minimum atomic E-state index is -0.435. The zero-order valence-corrected chi connectivity index (χ0v) is 12.0. The van der Waals surface area contributed by atoms with E-state index in [4.69, 9.17) is 0 Å². The maximum Gasteiger partial charge on any atom is 0.249 e. The van der Waals surface area contributed by atoms with Crippen molar-refractivity contribution < 1.29 is 9.59 Å². The Hall–Kier alpha value is -1.92. The minimum Gasteiger partial charge on any atom is -0.343 e. The Morgan fingerprint density at radius 3 is 2.76 bits per heavy atom. The van der Waals surface area contributed by atoms with E-state index >= 15 is 0 Å². The summed E-state index contributed by atoms with van der Waals surface area (Å²) in [6.07, 6.45) is 1.38. The number of hydrogen-bond acceptors (Lipinski definition) is 4. The van der Waals surface area contributed by atoms with Crippen LogP contribution in [-0.4, -0.2) is 36.5 Å². The molecule has 2 fully saturated rings. The third-order valence-electron chi connectivity index (χ3n) is 4.05. The smallest absolute Gasteiger partial charge is 0.249 e. The Labute approximate surface area is 123 Å². The van der Waals surface area contributed by atoms with Crippen molar-refractivity contribution >= 4 is 17.5 Å². The average Bonchev–Trinajstić information content (AvgIpc) is 3.09. The molecule has 3 rings (SSSR count). The van der Waals surface area contributed by atoms with Crippen LogP contribution < -0.4 is 21.1 Å². The summed E-state index contributed by atoms with van der Waals surface area (Å²) >= 11 is 0. The van der Waals surface area contributed by atoms with E-state index in [-0.39, 0.29) is 23.9 Å². The van der Waals surface area contributed by atoms with Gasteiger partial charge in [-0.25, -0.2) is 5.43 Å². The molecule has 21 heavy (non-hydrogen) atoms. The SMILES string of the molecule is CC1CC(NC(=O)C2CCNN2)C(=O)N1c1ccccc1. The topological polar surface area (TPSA) is 73.5 Å². The van der Waals surface area contributed by atoms with Crippen molar-refractivity contribution in [2.24, 2.45) is 0 Å². The Bertz CT molecular complexity index is 528. The van der Waals surface area contributed by atoms with Gasteiger partial charge in [0.15, 0.2) is 0 Å². The lowest BCUT2D eigenvalue weighted by atomic mass is 10.1. The molecule has 2 heterocycles. The Morgan fingerprint density at radius 1 is 1.33 bits per heavy atom. The number of carbonyl (C=O) groups excluding carboxylic acids is 2. The Morgan fingerprint density at radius 2 is 2.10 bits per heavy atom. The normalized spacial score (nSPS) is 28.9. The molecule has 1 aromatic rings. The molecule has 2 saturated heterocycles. The number of nitrogens with one attached hydrogen (secondary N) is 3. The van der Waals surface area contributed by atoms with Gasteiger partial charge in [-0.2, -0.15) is 0 Å². The highest BCUT2D eigenvalue weighted by atomic mass is 16.2. The van der Waals surface area contributed by atoms with Crippen LogP contribution in [-0.2, 0) is 9.59 Å². The van der Waals surface area contributed by atoms with Crippen LogP contribution in [0.3, 0.4) is 0 Å². The molecule has 0 aromatic heterocycles. The van der Waals surface area contributed by atoms with E-state index in [0.717, 1.165) is 18.7 Å². The van der Waals surface area contributed by atoms with Gasteiger partial charge in [0.1, 0.15) is 12.1 Å². The van der Waals surface area contributed by atoms with E-state index < -0.39 is 6.04 Å². The van der Waals surface area contributed by atoms with Gasteiger partial charge in [-0.15, -0.1) is 0 Å². The summed E-state index contributed by atoms with van der Waals surface area (Å²) in [4.78, 5) is 26.4. The molecule has 3 unspecified atom stereocenters. The van der Waals surface area contributed by atoms with Crippen LogP contribution in [0.25, 0.3) is 0 Å². The standard InChI is InChI=1S/C15H20N4O2/c1-10-9-13(17-14(20)12-7-8-16-18-12)15(21)19(10)11-5-3-2-4-6-11/h2-6,10,12-13,16,18H,7-9H2,1H3,(H,17,20). The van der Waals surface area contributed by atoms with Crippen molar-refractivity contribution in [2.45, 2.75) is 37.9 Å². The third-order valence-corrected chi connectivity index (χ3v) is 4.05. The van der Waals surface area contributed by atoms with E-state index in [0.29, 0.717) is 6.42 Å². The molecule has 0 bridgehead atoms. The fourth-order valence-corrected chi connectivity index (χ4v) is 2.98. The van der Waals surface area contributed by atoms with Crippen molar-refractivity contribution in [2.75, 3.05) is 11.4 Å². The van der Waals surface area contributed by atoms with Crippen LogP contribution in [0.5, 0.6) is 0 Å². The molecule has 112 valence electrons. The first-order valence-corrected chi connectivity index (χ1v) is 7.33. The van der Waals surface area contributed by atoms with Crippen LogP contribution in [0.1, 0.15) is 19.8 Å². The van der Waals surface area contributed by atoms with Gasteiger partial charge in [0.05, 0.1) is 0 Å². The van der Waals surface area contributed by atoms with Gasteiger partial charge in [0, 0.05) is 18.3 Å². The predicted molar refractivity (Wildman–Crippen MR) is 79.5 cm³/mol. The van der Waals surface area contributed by atoms with Crippen molar-refractivity contribution in [3.05, 3.63) is 30.3 Å².